The quantitative estimate of drug-likeness (QED) is 0.697. The maximum absolute atomic E-state index is 12.1. The van der Waals surface area contributed by atoms with Gasteiger partial charge in [0, 0.05) is 18.7 Å². The summed E-state index contributed by atoms with van der Waals surface area (Å²) in [5.74, 6) is 1.28. The first-order valence-electron chi connectivity index (χ1n) is 7.14. The average Bonchev–Trinajstić information content (AvgIpc) is 2.51. The van der Waals surface area contributed by atoms with Gasteiger partial charge < -0.3 is 32.1 Å². The zero-order valence-corrected chi connectivity index (χ0v) is 13.3. The van der Waals surface area contributed by atoms with Gasteiger partial charge in [0.15, 0.2) is 11.5 Å². The van der Waals surface area contributed by atoms with Crippen molar-refractivity contribution in [3.8, 4) is 11.5 Å². The lowest BCUT2D eigenvalue weighted by Gasteiger charge is -2.19. The summed E-state index contributed by atoms with van der Waals surface area (Å²) in [6.45, 7) is 8.83. The number of carbonyl (C=O) groups excluding carboxylic acids is 1. The van der Waals surface area contributed by atoms with Gasteiger partial charge in [-0.2, -0.15) is 0 Å². The number of hydrogen-bond acceptors (Lipinski definition) is 4. The van der Waals surface area contributed by atoms with E-state index in [0.717, 1.165) is 19.6 Å². The van der Waals surface area contributed by atoms with Gasteiger partial charge in [0.05, 0.1) is 0 Å². The summed E-state index contributed by atoms with van der Waals surface area (Å²) < 4.78 is 10.9. The molecule has 0 bridgehead atoms. The summed E-state index contributed by atoms with van der Waals surface area (Å²) >= 11 is 0. The first kappa shape index (κ1) is 17.6. The molecule has 6 heteroatoms. The molecule has 1 amide bonds. The molecule has 1 aromatic carbocycles. The SMILES string of the molecule is CCN(CC)CCNC(=O)c1ccc2c(c1)OCCO2.[Cl-]. The highest BCUT2D eigenvalue weighted by atomic mass is 35.5. The van der Waals surface area contributed by atoms with Gasteiger partial charge in [-0.15, -0.1) is 0 Å². The van der Waals surface area contributed by atoms with Crippen LogP contribution in [-0.4, -0.2) is 50.2 Å². The Labute approximate surface area is 132 Å². The number of benzene rings is 1. The first-order valence-corrected chi connectivity index (χ1v) is 7.14. The molecule has 118 valence electrons. The maximum Gasteiger partial charge on any atom is 0.251 e. The number of nitrogens with zero attached hydrogens (tertiary/aromatic N) is 1. The second-order valence-corrected chi connectivity index (χ2v) is 4.64. The Morgan fingerprint density at radius 3 is 2.52 bits per heavy atom. The molecule has 0 unspecified atom stereocenters. The van der Waals surface area contributed by atoms with Crippen molar-refractivity contribution in [2.45, 2.75) is 13.8 Å². The number of hydrogen-bond donors (Lipinski definition) is 1. The molecule has 2 rings (SSSR count). The Balaban J connectivity index is 0.00000220. The van der Waals surface area contributed by atoms with Crippen LogP contribution in [0.25, 0.3) is 0 Å². The van der Waals surface area contributed by atoms with Crippen molar-refractivity contribution < 1.29 is 26.7 Å². The molecule has 0 saturated heterocycles. The number of ether oxygens (including phenoxy) is 2. The number of carbonyl (C=O) groups is 1. The molecule has 1 aliphatic rings. The van der Waals surface area contributed by atoms with E-state index in [0.29, 0.717) is 36.8 Å². The van der Waals surface area contributed by atoms with Crippen molar-refractivity contribution >= 4 is 5.91 Å². The molecular formula is C15H22ClN2O3-. The van der Waals surface area contributed by atoms with E-state index in [2.05, 4.69) is 24.1 Å². The lowest BCUT2D eigenvalue weighted by molar-refractivity contribution is -0.0000131. The number of nitrogens with one attached hydrogen (secondary N) is 1. The molecule has 1 N–H and O–H groups in total. The third-order valence-corrected chi connectivity index (χ3v) is 3.41. The predicted octanol–water partition coefficient (Wildman–Crippen LogP) is -1.47. The van der Waals surface area contributed by atoms with Crippen LogP contribution in [0.4, 0.5) is 0 Å². The normalized spacial score (nSPS) is 12.7. The van der Waals surface area contributed by atoms with Crippen LogP contribution in [0.5, 0.6) is 11.5 Å². The van der Waals surface area contributed by atoms with Gasteiger partial charge in [0.25, 0.3) is 5.91 Å². The van der Waals surface area contributed by atoms with Gasteiger partial charge in [-0.1, -0.05) is 13.8 Å². The standard InChI is InChI=1S/C15H22N2O3.ClH/c1-3-17(4-2)8-7-16-15(18)12-5-6-13-14(11-12)20-10-9-19-13;/h5-6,11H,3-4,7-10H2,1-2H3,(H,16,18);1H/p-1. The topological polar surface area (TPSA) is 50.8 Å². The van der Waals surface area contributed by atoms with Crippen molar-refractivity contribution in [2.75, 3.05) is 39.4 Å². The fourth-order valence-corrected chi connectivity index (χ4v) is 2.15. The molecule has 1 aromatic rings. The van der Waals surface area contributed by atoms with E-state index >= 15 is 0 Å². The minimum absolute atomic E-state index is 0. The molecule has 0 aromatic heterocycles. The van der Waals surface area contributed by atoms with Gasteiger partial charge >= 0.3 is 0 Å². The van der Waals surface area contributed by atoms with Crippen LogP contribution in [0.15, 0.2) is 18.2 Å². The molecule has 0 saturated carbocycles. The molecule has 0 spiro atoms. The van der Waals surface area contributed by atoms with E-state index < -0.39 is 0 Å². The fourth-order valence-electron chi connectivity index (χ4n) is 2.15. The van der Waals surface area contributed by atoms with Crippen molar-refractivity contribution in [3.63, 3.8) is 0 Å². The van der Waals surface area contributed by atoms with Crippen molar-refractivity contribution in [3.05, 3.63) is 23.8 Å². The molecule has 21 heavy (non-hydrogen) atoms. The van der Waals surface area contributed by atoms with E-state index in [1.54, 1.807) is 18.2 Å². The number of amides is 1. The molecular weight excluding hydrogens is 292 g/mol. The number of halogens is 1. The fraction of sp³-hybridized carbons (Fsp3) is 0.533. The number of fused-ring (bicyclic) bond motifs is 1. The van der Waals surface area contributed by atoms with Crippen LogP contribution in [0.2, 0.25) is 0 Å². The first-order chi connectivity index (χ1) is 9.74. The lowest BCUT2D eigenvalue weighted by atomic mass is 10.2. The van der Waals surface area contributed by atoms with E-state index in [1.807, 2.05) is 0 Å². The van der Waals surface area contributed by atoms with Gasteiger partial charge in [-0.05, 0) is 31.3 Å². The van der Waals surface area contributed by atoms with Gasteiger partial charge in [-0.25, -0.2) is 0 Å². The maximum atomic E-state index is 12.1. The smallest absolute Gasteiger partial charge is 0.251 e. The Morgan fingerprint density at radius 2 is 1.86 bits per heavy atom. The summed E-state index contributed by atoms with van der Waals surface area (Å²) in [7, 11) is 0. The third-order valence-electron chi connectivity index (χ3n) is 3.41. The molecule has 0 fully saturated rings. The minimum Gasteiger partial charge on any atom is -1.00 e. The number of likely N-dealkylation sites (N-methyl/N-ethyl adjacent to an activating group) is 1. The average molecular weight is 314 g/mol. The van der Waals surface area contributed by atoms with Crippen molar-refractivity contribution in [1.29, 1.82) is 0 Å². The number of rotatable bonds is 6. The third kappa shape index (κ3) is 4.79. The molecule has 0 atom stereocenters. The van der Waals surface area contributed by atoms with E-state index in [9.17, 15) is 4.79 Å². The minimum atomic E-state index is -0.0749. The van der Waals surface area contributed by atoms with Crippen LogP contribution in [0.1, 0.15) is 24.2 Å². The van der Waals surface area contributed by atoms with Gasteiger partial charge in [0.2, 0.25) is 0 Å². The second-order valence-electron chi connectivity index (χ2n) is 4.64. The van der Waals surface area contributed by atoms with Gasteiger partial charge in [-0.3, -0.25) is 4.79 Å². The van der Waals surface area contributed by atoms with Crippen molar-refractivity contribution in [2.24, 2.45) is 0 Å². The van der Waals surface area contributed by atoms with Crippen LogP contribution >= 0.6 is 0 Å². The van der Waals surface area contributed by atoms with Crippen LogP contribution < -0.4 is 27.2 Å². The Hall–Kier alpha value is -1.46. The molecule has 5 nitrogen and oxygen atoms in total. The Kier molecular flexibility index (Phi) is 7.32. The Morgan fingerprint density at radius 1 is 1.19 bits per heavy atom. The highest BCUT2D eigenvalue weighted by Crippen LogP contribution is 2.30. The molecule has 1 aliphatic heterocycles. The van der Waals surface area contributed by atoms with Crippen LogP contribution in [0.3, 0.4) is 0 Å². The summed E-state index contributed by atoms with van der Waals surface area (Å²) in [6.07, 6.45) is 0. The monoisotopic (exact) mass is 313 g/mol. The van der Waals surface area contributed by atoms with E-state index in [4.69, 9.17) is 9.47 Å². The van der Waals surface area contributed by atoms with Crippen molar-refractivity contribution in [1.82, 2.24) is 10.2 Å². The lowest BCUT2D eigenvalue weighted by Crippen LogP contribution is -3.00. The predicted molar refractivity (Wildman–Crippen MR) is 77.6 cm³/mol. The largest absolute Gasteiger partial charge is 1.00 e. The van der Waals surface area contributed by atoms with Crippen LogP contribution in [-0.2, 0) is 0 Å². The highest BCUT2D eigenvalue weighted by Gasteiger charge is 2.14. The Bertz CT molecular complexity index is 464. The van der Waals surface area contributed by atoms with Crippen LogP contribution in [0, 0.1) is 0 Å². The van der Waals surface area contributed by atoms with E-state index in [1.165, 1.54) is 0 Å². The molecule has 1 heterocycles. The summed E-state index contributed by atoms with van der Waals surface area (Å²) in [6, 6.07) is 5.29. The van der Waals surface area contributed by atoms with E-state index in [-0.39, 0.29) is 18.3 Å². The molecule has 0 aliphatic carbocycles. The highest BCUT2D eigenvalue weighted by molar-refractivity contribution is 5.94. The molecule has 0 radical (unpaired) electrons. The zero-order valence-electron chi connectivity index (χ0n) is 12.5. The zero-order chi connectivity index (χ0) is 14.4. The summed E-state index contributed by atoms with van der Waals surface area (Å²) in [5, 5.41) is 2.93. The second kappa shape index (κ2) is 8.74. The van der Waals surface area contributed by atoms with Gasteiger partial charge in [0.1, 0.15) is 13.2 Å². The summed E-state index contributed by atoms with van der Waals surface area (Å²) in [5.41, 5.74) is 0.605. The summed E-state index contributed by atoms with van der Waals surface area (Å²) in [4.78, 5) is 14.3.